The summed E-state index contributed by atoms with van der Waals surface area (Å²) in [6.45, 7) is 1.95. The molecule has 0 aliphatic rings. The molecule has 0 radical (unpaired) electrons. The van der Waals surface area contributed by atoms with Crippen molar-refractivity contribution in [2.45, 2.75) is 6.92 Å². The topological polar surface area (TPSA) is 124 Å². The molecule has 4 aromatic heterocycles. The molecule has 11 nitrogen and oxygen atoms in total. The van der Waals surface area contributed by atoms with E-state index in [9.17, 15) is 9.59 Å². The van der Waals surface area contributed by atoms with Gasteiger partial charge in [-0.3, -0.25) is 19.0 Å². The van der Waals surface area contributed by atoms with Gasteiger partial charge in [0.15, 0.2) is 17.0 Å². The maximum atomic E-state index is 12.8. The van der Waals surface area contributed by atoms with E-state index in [0.717, 1.165) is 17.0 Å². The SMILES string of the molecule is CNC(=O)c1nn(C)cc1NC(=O)c1cc2nccc(-c3cnn(C)c3C)n2n1. The summed E-state index contributed by atoms with van der Waals surface area (Å²) in [7, 11) is 5.02. The summed E-state index contributed by atoms with van der Waals surface area (Å²) < 4.78 is 4.82. The molecular weight excluding hydrogens is 374 g/mol. The Hall–Kier alpha value is -4.02. The summed E-state index contributed by atoms with van der Waals surface area (Å²) in [5.41, 5.74) is 3.73. The highest BCUT2D eigenvalue weighted by Crippen LogP contribution is 2.23. The number of aromatic nitrogens is 7. The zero-order valence-electron chi connectivity index (χ0n) is 16.3. The second-order valence-electron chi connectivity index (χ2n) is 6.50. The molecule has 0 aliphatic carbocycles. The summed E-state index contributed by atoms with van der Waals surface area (Å²) >= 11 is 0. The molecule has 2 N–H and O–H groups in total. The van der Waals surface area contributed by atoms with Gasteiger partial charge in [-0.15, -0.1) is 0 Å². The van der Waals surface area contributed by atoms with Crippen molar-refractivity contribution in [1.82, 2.24) is 39.5 Å². The van der Waals surface area contributed by atoms with Crippen molar-refractivity contribution in [2.75, 3.05) is 12.4 Å². The lowest BCUT2D eigenvalue weighted by molar-refractivity contribution is 0.0958. The summed E-state index contributed by atoms with van der Waals surface area (Å²) in [6.07, 6.45) is 4.96. The molecule has 0 spiro atoms. The first-order valence-corrected chi connectivity index (χ1v) is 8.80. The predicted octanol–water partition coefficient (Wildman–Crippen LogP) is 0.784. The number of rotatable bonds is 4. The third kappa shape index (κ3) is 3.12. The Kier molecular flexibility index (Phi) is 4.34. The smallest absolute Gasteiger partial charge is 0.276 e. The number of hydrogen-bond donors (Lipinski definition) is 2. The number of carbonyl (C=O) groups is 2. The molecule has 0 unspecified atom stereocenters. The van der Waals surface area contributed by atoms with Crippen LogP contribution in [0.1, 0.15) is 26.7 Å². The average molecular weight is 393 g/mol. The van der Waals surface area contributed by atoms with Crippen molar-refractivity contribution in [3.8, 4) is 11.3 Å². The van der Waals surface area contributed by atoms with E-state index in [1.807, 2.05) is 20.0 Å². The quantitative estimate of drug-likeness (QED) is 0.528. The van der Waals surface area contributed by atoms with Crippen LogP contribution in [0.2, 0.25) is 0 Å². The molecule has 0 aliphatic heterocycles. The number of hydrogen-bond acceptors (Lipinski definition) is 6. The van der Waals surface area contributed by atoms with Gasteiger partial charge in [-0.25, -0.2) is 9.50 Å². The van der Waals surface area contributed by atoms with Crippen LogP contribution in [0.15, 0.2) is 30.7 Å². The van der Waals surface area contributed by atoms with Crippen LogP contribution in [0.5, 0.6) is 0 Å². The number of nitrogens with zero attached hydrogens (tertiary/aromatic N) is 7. The minimum absolute atomic E-state index is 0.122. The maximum absolute atomic E-state index is 12.8. The Balaban J connectivity index is 1.71. The maximum Gasteiger partial charge on any atom is 0.276 e. The minimum atomic E-state index is -0.470. The number of aryl methyl sites for hydroxylation is 2. The molecule has 2 amide bonds. The van der Waals surface area contributed by atoms with Gasteiger partial charge < -0.3 is 10.6 Å². The van der Waals surface area contributed by atoms with E-state index < -0.39 is 11.8 Å². The van der Waals surface area contributed by atoms with Crippen molar-refractivity contribution < 1.29 is 9.59 Å². The number of carbonyl (C=O) groups excluding carboxylic acids is 2. The molecule has 0 fully saturated rings. The van der Waals surface area contributed by atoms with Crippen LogP contribution in [0.4, 0.5) is 5.69 Å². The van der Waals surface area contributed by atoms with Gasteiger partial charge in [0.2, 0.25) is 0 Å². The monoisotopic (exact) mass is 393 g/mol. The lowest BCUT2D eigenvalue weighted by Gasteiger charge is -2.04. The highest BCUT2D eigenvalue weighted by atomic mass is 16.2. The molecule has 11 heteroatoms. The molecule has 148 valence electrons. The second-order valence-corrected chi connectivity index (χ2v) is 6.50. The van der Waals surface area contributed by atoms with Gasteiger partial charge in [-0.05, 0) is 13.0 Å². The van der Waals surface area contributed by atoms with Gasteiger partial charge in [0.1, 0.15) is 0 Å². The molecule has 4 heterocycles. The molecule has 0 saturated carbocycles. The van der Waals surface area contributed by atoms with Crippen molar-refractivity contribution in [3.05, 3.63) is 47.8 Å². The van der Waals surface area contributed by atoms with Crippen molar-refractivity contribution >= 4 is 23.1 Å². The largest absolute Gasteiger partial charge is 0.354 e. The molecule has 0 saturated heterocycles. The van der Waals surface area contributed by atoms with Crippen LogP contribution in [-0.2, 0) is 14.1 Å². The highest BCUT2D eigenvalue weighted by Gasteiger charge is 2.20. The Morgan fingerprint density at radius 3 is 2.62 bits per heavy atom. The molecule has 0 aromatic carbocycles. The Labute approximate surface area is 165 Å². The van der Waals surface area contributed by atoms with E-state index in [-0.39, 0.29) is 11.4 Å². The normalized spacial score (nSPS) is 11.0. The molecule has 0 atom stereocenters. The van der Waals surface area contributed by atoms with Crippen LogP contribution in [-0.4, -0.2) is 53.0 Å². The Bertz CT molecular complexity index is 1250. The van der Waals surface area contributed by atoms with Crippen molar-refractivity contribution in [3.63, 3.8) is 0 Å². The lowest BCUT2D eigenvalue weighted by atomic mass is 10.2. The van der Waals surface area contributed by atoms with Gasteiger partial charge >= 0.3 is 0 Å². The summed E-state index contributed by atoms with van der Waals surface area (Å²) in [6, 6.07) is 3.40. The van der Waals surface area contributed by atoms with Crippen LogP contribution in [0.25, 0.3) is 16.9 Å². The highest BCUT2D eigenvalue weighted by molar-refractivity contribution is 6.07. The predicted molar refractivity (Wildman–Crippen MR) is 104 cm³/mol. The number of amides is 2. The zero-order valence-corrected chi connectivity index (χ0v) is 16.3. The molecular formula is C18H19N9O2. The number of anilines is 1. The Morgan fingerprint density at radius 2 is 1.93 bits per heavy atom. The summed E-state index contributed by atoms with van der Waals surface area (Å²) in [5.74, 6) is -0.866. The first-order chi connectivity index (χ1) is 13.9. The van der Waals surface area contributed by atoms with E-state index in [0.29, 0.717) is 11.3 Å². The summed E-state index contributed by atoms with van der Waals surface area (Å²) in [5, 5.41) is 18.0. The van der Waals surface area contributed by atoms with E-state index in [4.69, 9.17) is 0 Å². The Morgan fingerprint density at radius 1 is 1.14 bits per heavy atom. The molecule has 0 bridgehead atoms. The average Bonchev–Trinajstić information content (AvgIpc) is 3.39. The zero-order chi connectivity index (χ0) is 20.7. The van der Waals surface area contributed by atoms with Crippen molar-refractivity contribution in [1.29, 1.82) is 0 Å². The van der Waals surface area contributed by atoms with Crippen molar-refractivity contribution in [2.24, 2.45) is 14.1 Å². The fourth-order valence-electron chi connectivity index (χ4n) is 3.01. The van der Waals surface area contributed by atoms with E-state index >= 15 is 0 Å². The number of fused-ring (bicyclic) bond motifs is 1. The van der Waals surface area contributed by atoms with E-state index in [2.05, 4.69) is 30.9 Å². The second kappa shape index (κ2) is 6.86. The molecule has 4 aromatic rings. The van der Waals surface area contributed by atoms with Gasteiger partial charge in [0, 0.05) is 50.9 Å². The van der Waals surface area contributed by atoms with Gasteiger partial charge in [-0.1, -0.05) is 0 Å². The van der Waals surface area contributed by atoms with Crippen LogP contribution in [0.3, 0.4) is 0 Å². The van der Waals surface area contributed by atoms with Gasteiger partial charge in [-0.2, -0.15) is 15.3 Å². The number of nitrogens with one attached hydrogen (secondary N) is 2. The van der Waals surface area contributed by atoms with Crippen LogP contribution >= 0.6 is 0 Å². The third-order valence-electron chi connectivity index (χ3n) is 4.62. The lowest BCUT2D eigenvalue weighted by Crippen LogP contribution is -2.21. The fraction of sp³-hybridized carbons (Fsp3) is 0.222. The fourth-order valence-corrected chi connectivity index (χ4v) is 3.01. The van der Waals surface area contributed by atoms with Crippen LogP contribution in [0, 0.1) is 6.92 Å². The molecule has 29 heavy (non-hydrogen) atoms. The standard InChI is InChI=1S/C18H19N9O2/c1-10-11(8-21-26(10)4)14-5-6-20-15-7-12(23-27(14)15)17(28)22-13-9-25(3)24-16(13)18(29)19-2/h5-9H,1-4H3,(H,19,29)(H,22,28). The minimum Gasteiger partial charge on any atom is -0.354 e. The van der Waals surface area contributed by atoms with E-state index in [1.54, 1.807) is 40.9 Å². The summed E-state index contributed by atoms with van der Waals surface area (Å²) in [4.78, 5) is 29.0. The molecule has 4 rings (SSSR count). The van der Waals surface area contributed by atoms with Gasteiger partial charge in [0.05, 0.1) is 17.6 Å². The first-order valence-electron chi connectivity index (χ1n) is 8.80. The van der Waals surface area contributed by atoms with Gasteiger partial charge in [0.25, 0.3) is 11.8 Å². The van der Waals surface area contributed by atoms with Crippen LogP contribution < -0.4 is 10.6 Å². The first kappa shape index (κ1) is 18.3. The van der Waals surface area contributed by atoms with E-state index in [1.165, 1.54) is 11.7 Å². The third-order valence-corrected chi connectivity index (χ3v) is 4.62.